The summed E-state index contributed by atoms with van der Waals surface area (Å²) in [6, 6.07) is 4.66. The molecule has 3 nitrogen and oxygen atoms in total. The summed E-state index contributed by atoms with van der Waals surface area (Å²) in [4.78, 5) is 13.8. The third-order valence-electron chi connectivity index (χ3n) is 3.17. The molecule has 0 unspecified atom stereocenters. The van der Waals surface area contributed by atoms with Crippen LogP contribution in [0.3, 0.4) is 0 Å². The van der Waals surface area contributed by atoms with Crippen molar-refractivity contribution in [3.05, 3.63) is 34.1 Å². The van der Waals surface area contributed by atoms with Crippen molar-refractivity contribution in [2.45, 2.75) is 18.9 Å². The van der Waals surface area contributed by atoms with Gasteiger partial charge in [0.05, 0.1) is 17.0 Å². The number of hydrogen-bond acceptors (Lipinski definition) is 2. The zero-order valence-electron chi connectivity index (χ0n) is 10.2. The van der Waals surface area contributed by atoms with Gasteiger partial charge in [-0.2, -0.15) is 0 Å². The second-order valence-electron chi connectivity index (χ2n) is 4.41. The number of rotatable bonds is 3. The Labute approximate surface area is 114 Å². The molecule has 0 saturated carbocycles. The SMILES string of the molecule is CO[C@H]1CCN(C(=O)Cc2ccc(F)c(Br)c2)C1. The number of amides is 1. The molecule has 1 heterocycles. The van der Waals surface area contributed by atoms with Crippen LogP contribution in [0.25, 0.3) is 0 Å². The Morgan fingerprint density at radius 2 is 2.39 bits per heavy atom. The van der Waals surface area contributed by atoms with Crippen LogP contribution in [-0.4, -0.2) is 37.1 Å². The Balaban J connectivity index is 1.97. The highest BCUT2D eigenvalue weighted by molar-refractivity contribution is 9.10. The summed E-state index contributed by atoms with van der Waals surface area (Å²) in [7, 11) is 1.66. The molecule has 18 heavy (non-hydrogen) atoms. The predicted molar refractivity (Wildman–Crippen MR) is 69.8 cm³/mol. The summed E-state index contributed by atoms with van der Waals surface area (Å²) in [6.07, 6.45) is 1.33. The minimum atomic E-state index is -0.313. The van der Waals surface area contributed by atoms with E-state index in [0.717, 1.165) is 18.5 Å². The van der Waals surface area contributed by atoms with Crippen LogP contribution in [-0.2, 0) is 16.0 Å². The van der Waals surface area contributed by atoms with E-state index in [1.165, 1.54) is 6.07 Å². The number of carbonyl (C=O) groups is 1. The second kappa shape index (κ2) is 5.80. The van der Waals surface area contributed by atoms with E-state index in [2.05, 4.69) is 15.9 Å². The van der Waals surface area contributed by atoms with Crippen molar-refractivity contribution in [3.63, 3.8) is 0 Å². The van der Waals surface area contributed by atoms with E-state index < -0.39 is 0 Å². The average molecular weight is 316 g/mol. The lowest BCUT2D eigenvalue weighted by atomic mass is 10.1. The van der Waals surface area contributed by atoms with Gasteiger partial charge in [-0.1, -0.05) is 6.07 Å². The van der Waals surface area contributed by atoms with Gasteiger partial charge in [-0.25, -0.2) is 4.39 Å². The molecule has 5 heteroatoms. The quantitative estimate of drug-likeness (QED) is 0.857. The van der Waals surface area contributed by atoms with Gasteiger partial charge >= 0.3 is 0 Å². The van der Waals surface area contributed by atoms with E-state index >= 15 is 0 Å². The molecule has 1 saturated heterocycles. The fraction of sp³-hybridized carbons (Fsp3) is 0.462. The lowest BCUT2D eigenvalue weighted by Gasteiger charge is -2.16. The van der Waals surface area contributed by atoms with Crippen molar-refractivity contribution in [2.75, 3.05) is 20.2 Å². The minimum Gasteiger partial charge on any atom is -0.380 e. The highest BCUT2D eigenvalue weighted by atomic mass is 79.9. The molecule has 1 aliphatic rings. The van der Waals surface area contributed by atoms with Gasteiger partial charge in [0.2, 0.25) is 5.91 Å². The zero-order valence-corrected chi connectivity index (χ0v) is 11.7. The van der Waals surface area contributed by atoms with Crippen LogP contribution in [0, 0.1) is 5.82 Å². The maximum Gasteiger partial charge on any atom is 0.227 e. The smallest absolute Gasteiger partial charge is 0.227 e. The van der Waals surface area contributed by atoms with Crippen LogP contribution in [0.5, 0.6) is 0 Å². The molecule has 0 aromatic heterocycles. The summed E-state index contributed by atoms with van der Waals surface area (Å²) in [6.45, 7) is 1.39. The summed E-state index contributed by atoms with van der Waals surface area (Å²) in [5.41, 5.74) is 0.814. The molecular weight excluding hydrogens is 301 g/mol. The first-order valence-corrected chi connectivity index (χ1v) is 6.64. The van der Waals surface area contributed by atoms with Gasteiger partial charge in [-0.3, -0.25) is 4.79 Å². The van der Waals surface area contributed by atoms with Crippen LogP contribution in [0.15, 0.2) is 22.7 Å². The monoisotopic (exact) mass is 315 g/mol. The Morgan fingerprint density at radius 1 is 1.61 bits per heavy atom. The van der Waals surface area contributed by atoms with E-state index in [1.807, 2.05) is 0 Å². The fourth-order valence-corrected chi connectivity index (χ4v) is 2.51. The zero-order chi connectivity index (χ0) is 13.1. The van der Waals surface area contributed by atoms with E-state index in [9.17, 15) is 9.18 Å². The minimum absolute atomic E-state index is 0.0630. The highest BCUT2D eigenvalue weighted by Gasteiger charge is 2.25. The van der Waals surface area contributed by atoms with Crippen molar-refractivity contribution in [2.24, 2.45) is 0 Å². The van der Waals surface area contributed by atoms with Crippen LogP contribution in [0.1, 0.15) is 12.0 Å². The fourth-order valence-electron chi connectivity index (χ4n) is 2.08. The first kappa shape index (κ1) is 13.5. The number of hydrogen-bond donors (Lipinski definition) is 0. The summed E-state index contributed by atoms with van der Waals surface area (Å²) in [5.74, 6) is -0.250. The van der Waals surface area contributed by atoms with Gasteiger partial charge < -0.3 is 9.64 Å². The Hall–Kier alpha value is -0.940. The topological polar surface area (TPSA) is 29.5 Å². The third kappa shape index (κ3) is 3.09. The molecule has 1 fully saturated rings. The van der Waals surface area contributed by atoms with Crippen molar-refractivity contribution in [1.29, 1.82) is 0 Å². The molecule has 98 valence electrons. The van der Waals surface area contributed by atoms with Crippen molar-refractivity contribution >= 4 is 21.8 Å². The molecule has 0 radical (unpaired) electrons. The number of methoxy groups -OCH3 is 1. The van der Waals surface area contributed by atoms with E-state index in [1.54, 1.807) is 24.1 Å². The molecule has 1 aromatic rings. The standard InChI is InChI=1S/C13H15BrFNO2/c1-18-10-4-5-16(8-10)13(17)7-9-2-3-12(15)11(14)6-9/h2-3,6,10H,4-5,7-8H2,1H3/t10-/m0/s1. The van der Waals surface area contributed by atoms with Gasteiger partial charge in [0.1, 0.15) is 5.82 Å². The average Bonchev–Trinajstić information content (AvgIpc) is 2.82. The van der Waals surface area contributed by atoms with Crippen LogP contribution in [0.4, 0.5) is 4.39 Å². The van der Waals surface area contributed by atoms with E-state index in [0.29, 0.717) is 17.4 Å². The molecule has 0 N–H and O–H groups in total. The Kier molecular flexibility index (Phi) is 4.35. The van der Waals surface area contributed by atoms with Crippen LogP contribution >= 0.6 is 15.9 Å². The third-order valence-corrected chi connectivity index (χ3v) is 3.78. The molecule has 1 amide bonds. The largest absolute Gasteiger partial charge is 0.380 e. The molecule has 0 spiro atoms. The van der Waals surface area contributed by atoms with E-state index in [-0.39, 0.29) is 17.8 Å². The van der Waals surface area contributed by atoms with Crippen molar-refractivity contribution < 1.29 is 13.9 Å². The lowest BCUT2D eigenvalue weighted by Crippen LogP contribution is -2.31. The Morgan fingerprint density at radius 3 is 3.00 bits per heavy atom. The normalized spacial score (nSPS) is 19.3. The van der Waals surface area contributed by atoms with Gasteiger partial charge in [0.25, 0.3) is 0 Å². The van der Waals surface area contributed by atoms with Crippen molar-refractivity contribution in [3.8, 4) is 0 Å². The van der Waals surface area contributed by atoms with Gasteiger partial charge in [-0.05, 0) is 40.0 Å². The number of benzene rings is 1. The summed E-state index contributed by atoms with van der Waals surface area (Å²) >= 11 is 3.12. The lowest BCUT2D eigenvalue weighted by molar-refractivity contribution is -0.129. The van der Waals surface area contributed by atoms with Crippen LogP contribution < -0.4 is 0 Å². The van der Waals surface area contributed by atoms with Crippen molar-refractivity contribution in [1.82, 2.24) is 4.90 Å². The first-order chi connectivity index (χ1) is 8.60. The van der Waals surface area contributed by atoms with Gasteiger partial charge in [0, 0.05) is 20.2 Å². The maximum atomic E-state index is 13.1. The second-order valence-corrected chi connectivity index (χ2v) is 5.27. The Bertz CT molecular complexity index is 453. The van der Waals surface area contributed by atoms with E-state index in [4.69, 9.17) is 4.74 Å². The first-order valence-electron chi connectivity index (χ1n) is 5.84. The number of nitrogens with zero attached hydrogens (tertiary/aromatic N) is 1. The summed E-state index contributed by atoms with van der Waals surface area (Å²) < 4.78 is 18.7. The maximum absolute atomic E-state index is 13.1. The number of ether oxygens (including phenoxy) is 1. The van der Waals surface area contributed by atoms with Gasteiger partial charge in [-0.15, -0.1) is 0 Å². The molecule has 2 rings (SSSR count). The predicted octanol–water partition coefficient (Wildman–Crippen LogP) is 2.38. The molecule has 0 aliphatic carbocycles. The number of carbonyl (C=O) groups excluding carboxylic acids is 1. The number of likely N-dealkylation sites (tertiary alicyclic amines) is 1. The molecule has 1 aromatic carbocycles. The molecular formula is C13H15BrFNO2. The highest BCUT2D eigenvalue weighted by Crippen LogP contribution is 2.19. The summed E-state index contributed by atoms with van der Waals surface area (Å²) in [5, 5.41) is 0. The van der Waals surface area contributed by atoms with Gasteiger partial charge in [0.15, 0.2) is 0 Å². The molecule has 1 aliphatic heterocycles. The van der Waals surface area contributed by atoms with Crippen LogP contribution in [0.2, 0.25) is 0 Å². The molecule has 0 bridgehead atoms. The molecule has 1 atom stereocenters. The number of halogens is 2.